The number of carbonyl (C=O) groups excluding carboxylic acids is 2. The van der Waals surface area contributed by atoms with E-state index in [9.17, 15) is 19.5 Å². The van der Waals surface area contributed by atoms with E-state index in [-0.39, 0.29) is 24.3 Å². The molecule has 2 aromatic carbocycles. The number of aryl methyl sites for hydroxylation is 1. The number of Topliss-reactive ketones (excluding diaryl/α,β-unsaturated/α-hetero) is 1. The number of ketones is 1. The van der Waals surface area contributed by atoms with Gasteiger partial charge in [-0.25, -0.2) is 0 Å². The van der Waals surface area contributed by atoms with Crippen molar-refractivity contribution in [2.24, 2.45) is 0 Å². The number of benzene rings is 2. The Hall–Kier alpha value is -3.12. The Morgan fingerprint density at radius 2 is 1.64 bits per heavy atom. The fourth-order valence-electron chi connectivity index (χ4n) is 3.19. The normalized spacial score (nSPS) is 18.5. The molecule has 0 bridgehead atoms. The minimum atomic E-state index is -1.08. The van der Waals surface area contributed by atoms with E-state index in [1.165, 1.54) is 4.90 Å². The van der Waals surface area contributed by atoms with Crippen molar-refractivity contribution in [1.82, 2.24) is 4.90 Å². The molecule has 144 valence electrons. The first-order chi connectivity index (χ1) is 13.3. The zero-order valence-electron chi connectivity index (χ0n) is 15.1. The van der Waals surface area contributed by atoms with Gasteiger partial charge in [-0.1, -0.05) is 41.4 Å². The Kier molecular flexibility index (Phi) is 5.51. The highest BCUT2D eigenvalue weighted by atomic mass is 35.5. The molecule has 0 aliphatic carbocycles. The standard InChI is InChI=1S/C21H18ClNO5/c1-12-2-4-13(5-3-12)18-17(19(26)14-6-8-15(22)9-7-14)20(27)21(28)23(18)11-10-16(24)25/h2-9,18,26H,10-11H2,1H3,(H,24,25)/b19-17-. The topological polar surface area (TPSA) is 94.9 Å². The molecule has 28 heavy (non-hydrogen) atoms. The quantitative estimate of drug-likeness (QED) is 0.455. The molecule has 0 aromatic heterocycles. The maximum absolute atomic E-state index is 12.7. The maximum Gasteiger partial charge on any atom is 0.305 e. The monoisotopic (exact) mass is 399 g/mol. The lowest BCUT2D eigenvalue weighted by molar-refractivity contribution is -0.142. The summed E-state index contributed by atoms with van der Waals surface area (Å²) in [5, 5.41) is 20.3. The Balaban J connectivity index is 2.14. The Bertz CT molecular complexity index is 963. The van der Waals surface area contributed by atoms with Crippen LogP contribution in [0.1, 0.15) is 29.2 Å². The summed E-state index contributed by atoms with van der Waals surface area (Å²) >= 11 is 5.88. The van der Waals surface area contributed by atoms with Gasteiger partial charge in [0.1, 0.15) is 5.76 Å². The van der Waals surface area contributed by atoms with E-state index >= 15 is 0 Å². The molecule has 1 heterocycles. The van der Waals surface area contributed by atoms with Crippen LogP contribution in [-0.4, -0.2) is 39.3 Å². The van der Waals surface area contributed by atoms with Gasteiger partial charge < -0.3 is 15.1 Å². The first-order valence-electron chi connectivity index (χ1n) is 8.62. The molecule has 1 saturated heterocycles. The van der Waals surface area contributed by atoms with Crippen LogP contribution in [0.5, 0.6) is 0 Å². The molecule has 1 atom stereocenters. The number of hydrogen-bond donors (Lipinski definition) is 2. The van der Waals surface area contributed by atoms with Gasteiger partial charge in [0.2, 0.25) is 0 Å². The van der Waals surface area contributed by atoms with Crippen molar-refractivity contribution >= 4 is 35.0 Å². The Morgan fingerprint density at radius 1 is 1.04 bits per heavy atom. The van der Waals surface area contributed by atoms with E-state index in [1.807, 2.05) is 19.1 Å². The molecule has 1 amide bonds. The van der Waals surface area contributed by atoms with Crippen LogP contribution in [-0.2, 0) is 14.4 Å². The zero-order valence-corrected chi connectivity index (χ0v) is 15.8. The molecule has 1 aliphatic heterocycles. The molecule has 0 radical (unpaired) electrons. The molecule has 2 N–H and O–H groups in total. The summed E-state index contributed by atoms with van der Waals surface area (Å²) in [5.41, 5.74) is 1.88. The number of rotatable bonds is 5. The largest absolute Gasteiger partial charge is 0.507 e. The number of aliphatic carboxylic acids is 1. The molecule has 6 nitrogen and oxygen atoms in total. The van der Waals surface area contributed by atoms with Gasteiger partial charge in [0.05, 0.1) is 18.0 Å². The second-order valence-electron chi connectivity index (χ2n) is 6.55. The second-order valence-corrected chi connectivity index (χ2v) is 6.99. The summed E-state index contributed by atoms with van der Waals surface area (Å²) in [6.45, 7) is 1.76. The van der Waals surface area contributed by atoms with Crippen molar-refractivity contribution in [3.63, 3.8) is 0 Å². The van der Waals surface area contributed by atoms with Gasteiger partial charge in [-0.15, -0.1) is 0 Å². The summed E-state index contributed by atoms with van der Waals surface area (Å²) in [5.74, 6) is -3.08. The SMILES string of the molecule is Cc1ccc(C2/C(=C(/O)c3ccc(Cl)cc3)C(=O)C(=O)N2CCC(=O)O)cc1. The number of halogens is 1. The van der Waals surface area contributed by atoms with Crippen LogP contribution < -0.4 is 0 Å². The third-order valence-corrected chi connectivity index (χ3v) is 4.87. The number of aliphatic hydroxyl groups is 1. The molecular weight excluding hydrogens is 382 g/mol. The lowest BCUT2D eigenvalue weighted by atomic mass is 9.94. The van der Waals surface area contributed by atoms with Crippen LogP contribution in [0.25, 0.3) is 5.76 Å². The van der Waals surface area contributed by atoms with E-state index < -0.39 is 23.7 Å². The van der Waals surface area contributed by atoms with E-state index in [0.29, 0.717) is 16.1 Å². The molecule has 1 unspecified atom stereocenters. The van der Waals surface area contributed by atoms with E-state index in [2.05, 4.69) is 0 Å². The van der Waals surface area contributed by atoms with Gasteiger partial charge in [-0.2, -0.15) is 0 Å². The first kappa shape index (κ1) is 19.6. The van der Waals surface area contributed by atoms with Crippen molar-refractivity contribution in [2.45, 2.75) is 19.4 Å². The molecule has 1 fully saturated rings. The fraction of sp³-hybridized carbons (Fsp3) is 0.190. The Morgan fingerprint density at radius 3 is 2.21 bits per heavy atom. The third-order valence-electron chi connectivity index (χ3n) is 4.62. The van der Waals surface area contributed by atoms with Crippen LogP contribution in [0.4, 0.5) is 0 Å². The van der Waals surface area contributed by atoms with Gasteiger partial charge in [0, 0.05) is 17.1 Å². The number of likely N-dealkylation sites (tertiary alicyclic amines) is 1. The number of hydrogen-bond acceptors (Lipinski definition) is 4. The summed E-state index contributed by atoms with van der Waals surface area (Å²) in [7, 11) is 0. The molecule has 0 spiro atoms. The van der Waals surface area contributed by atoms with Gasteiger partial charge in [-0.05, 0) is 36.8 Å². The summed E-state index contributed by atoms with van der Waals surface area (Å²) in [4.78, 5) is 37.5. The number of amides is 1. The number of aliphatic hydroxyl groups excluding tert-OH is 1. The van der Waals surface area contributed by atoms with Crippen molar-refractivity contribution in [3.05, 3.63) is 75.8 Å². The van der Waals surface area contributed by atoms with Crippen LogP contribution in [0.2, 0.25) is 5.02 Å². The predicted molar refractivity (Wildman–Crippen MR) is 104 cm³/mol. The molecular formula is C21H18ClNO5. The number of carboxylic acids is 1. The number of carboxylic acid groups (broad SMARTS) is 1. The van der Waals surface area contributed by atoms with Crippen molar-refractivity contribution in [2.75, 3.05) is 6.54 Å². The first-order valence-corrected chi connectivity index (χ1v) is 9.00. The van der Waals surface area contributed by atoms with Crippen LogP contribution in [0.15, 0.2) is 54.1 Å². The average molecular weight is 400 g/mol. The van der Waals surface area contributed by atoms with Crippen molar-refractivity contribution in [1.29, 1.82) is 0 Å². The molecule has 2 aromatic rings. The second kappa shape index (κ2) is 7.86. The number of nitrogens with zero attached hydrogens (tertiary/aromatic N) is 1. The van der Waals surface area contributed by atoms with E-state index in [0.717, 1.165) is 5.56 Å². The fourth-order valence-corrected chi connectivity index (χ4v) is 3.31. The zero-order chi connectivity index (χ0) is 20.4. The highest BCUT2D eigenvalue weighted by molar-refractivity contribution is 6.46. The average Bonchev–Trinajstić information content (AvgIpc) is 2.91. The molecule has 1 aliphatic rings. The van der Waals surface area contributed by atoms with Crippen LogP contribution in [0.3, 0.4) is 0 Å². The van der Waals surface area contributed by atoms with E-state index in [4.69, 9.17) is 16.7 Å². The summed E-state index contributed by atoms with van der Waals surface area (Å²) < 4.78 is 0. The van der Waals surface area contributed by atoms with E-state index in [1.54, 1.807) is 36.4 Å². The van der Waals surface area contributed by atoms with Crippen LogP contribution >= 0.6 is 11.6 Å². The smallest absolute Gasteiger partial charge is 0.305 e. The number of carbonyl (C=O) groups is 3. The maximum atomic E-state index is 12.7. The van der Waals surface area contributed by atoms with Crippen molar-refractivity contribution in [3.8, 4) is 0 Å². The predicted octanol–water partition coefficient (Wildman–Crippen LogP) is 3.54. The minimum Gasteiger partial charge on any atom is -0.507 e. The lowest BCUT2D eigenvalue weighted by Gasteiger charge is -2.24. The highest BCUT2D eigenvalue weighted by Crippen LogP contribution is 2.39. The minimum absolute atomic E-state index is 0.0680. The molecule has 7 heteroatoms. The molecule has 3 rings (SSSR count). The van der Waals surface area contributed by atoms with Gasteiger partial charge >= 0.3 is 5.97 Å². The highest BCUT2D eigenvalue weighted by Gasteiger charge is 2.45. The van der Waals surface area contributed by atoms with Crippen LogP contribution in [0, 0.1) is 6.92 Å². The third kappa shape index (κ3) is 3.77. The van der Waals surface area contributed by atoms with Gasteiger partial charge in [0.25, 0.3) is 11.7 Å². The lowest BCUT2D eigenvalue weighted by Crippen LogP contribution is -2.31. The molecule has 0 saturated carbocycles. The van der Waals surface area contributed by atoms with Gasteiger partial charge in [0.15, 0.2) is 0 Å². The summed E-state index contributed by atoms with van der Waals surface area (Å²) in [6.07, 6.45) is -0.309. The van der Waals surface area contributed by atoms with Crippen molar-refractivity contribution < 1.29 is 24.6 Å². The van der Waals surface area contributed by atoms with Gasteiger partial charge in [-0.3, -0.25) is 14.4 Å². The summed E-state index contributed by atoms with van der Waals surface area (Å²) in [6, 6.07) is 12.5. The Labute approximate surface area is 166 Å².